The number of aromatic nitrogens is 4. The highest BCUT2D eigenvalue weighted by Crippen LogP contribution is 2.30. The van der Waals surface area contributed by atoms with Gasteiger partial charge in [0.05, 0.1) is 17.6 Å². The van der Waals surface area contributed by atoms with Gasteiger partial charge in [-0.2, -0.15) is 0 Å². The summed E-state index contributed by atoms with van der Waals surface area (Å²) >= 11 is 1.51. The van der Waals surface area contributed by atoms with Crippen LogP contribution < -0.4 is 10.6 Å². The highest BCUT2D eigenvalue weighted by Gasteiger charge is 2.39. The molecule has 3 aromatic rings. The Hall–Kier alpha value is -3.93. The van der Waals surface area contributed by atoms with Gasteiger partial charge in [0.25, 0.3) is 11.8 Å². The molecule has 4 heterocycles. The first-order chi connectivity index (χ1) is 17.0. The zero-order valence-corrected chi connectivity index (χ0v) is 19.4. The lowest BCUT2D eigenvalue weighted by molar-refractivity contribution is -0.136. The normalized spacial score (nSPS) is 19.4. The Bertz CT molecular complexity index is 1370. The molecule has 2 aliphatic heterocycles. The fourth-order valence-electron chi connectivity index (χ4n) is 4.76. The van der Waals surface area contributed by atoms with Gasteiger partial charge >= 0.3 is 0 Å². The van der Waals surface area contributed by atoms with Crippen molar-refractivity contribution in [3.8, 4) is 5.69 Å². The van der Waals surface area contributed by atoms with Crippen molar-refractivity contribution in [3.63, 3.8) is 0 Å². The lowest BCUT2D eigenvalue weighted by atomic mass is 10.0. The number of thiazole rings is 1. The van der Waals surface area contributed by atoms with E-state index in [4.69, 9.17) is 0 Å². The van der Waals surface area contributed by atoms with Crippen molar-refractivity contribution >= 4 is 40.1 Å². The van der Waals surface area contributed by atoms with E-state index in [-0.39, 0.29) is 36.4 Å². The molecule has 2 aromatic heterocycles. The van der Waals surface area contributed by atoms with Crippen molar-refractivity contribution < 1.29 is 19.2 Å². The number of anilines is 1. The van der Waals surface area contributed by atoms with Crippen molar-refractivity contribution in [1.29, 1.82) is 0 Å². The summed E-state index contributed by atoms with van der Waals surface area (Å²) in [7, 11) is 0. The van der Waals surface area contributed by atoms with Crippen molar-refractivity contribution in [3.05, 3.63) is 51.8 Å². The predicted molar refractivity (Wildman–Crippen MR) is 124 cm³/mol. The number of rotatable bonds is 4. The molecule has 6 rings (SSSR count). The van der Waals surface area contributed by atoms with Crippen LogP contribution in [0.2, 0.25) is 0 Å². The summed E-state index contributed by atoms with van der Waals surface area (Å²) in [5, 5.41) is 13.8. The van der Waals surface area contributed by atoms with E-state index in [0.717, 1.165) is 36.9 Å². The second-order valence-corrected chi connectivity index (χ2v) is 9.92. The number of imide groups is 1. The fourth-order valence-corrected chi connectivity index (χ4v) is 5.81. The van der Waals surface area contributed by atoms with Gasteiger partial charge in [-0.25, -0.2) is 9.67 Å². The Morgan fingerprint density at radius 3 is 2.83 bits per heavy atom. The van der Waals surface area contributed by atoms with E-state index in [1.54, 1.807) is 18.2 Å². The van der Waals surface area contributed by atoms with E-state index in [2.05, 4.69) is 25.9 Å². The zero-order valence-electron chi connectivity index (χ0n) is 18.6. The van der Waals surface area contributed by atoms with E-state index < -0.39 is 11.9 Å². The predicted octanol–water partition coefficient (Wildman–Crippen LogP) is 1.62. The smallest absolute Gasteiger partial charge is 0.279 e. The van der Waals surface area contributed by atoms with E-state index in [1.165, 1.54) is 32.0 Å². The standard InChI is InChI=1S/C23H21N7O4S/c31-19-8-7-17(21(33)25-19)29-10-12-9-13(5-6-14(12)22(29)34)30-11-16(27-28-30)20(32)26-23-24-15-3-1-2-4-18(15)35-23/h5-6,9,11,17H,1-4,7-8,10H2,(H,24,26,32)(H,25,31,33). The number of benzene rings is 1. The fraction of sp³-hybridized carbons (Fsp3) is 0.348. The molecule has 35 heavy (non-hydrogen) atoms. The Labute approximate surface area is 203 Å². The van der Waals surface area contributed by atoms with Crippen LogP contribution in [0.15, 0.2) is 24.4 Å². The second-order valence-electron chi connectivity index (χ2n) is 8.84. The first-order valence-corrected chi connectivity index (χ1v) is 12.3. The highest BCUT2D eigenvalue weighted by atomic mass is 32.1. The lowest BCUT2D eigenvalue weighted by Gasteiger charge is -2.29. The lowest BCUT2D eigenvalue weighted by Crippen LogP contribution is -2.52. The number of amides is 4. The molecule has 1 atom stereocenters. The zero-order chi connectivity index (χ0) is 24.1. The monoisotopic (exact) mass is 491 g/mol. The quantitative estimate of drug-likeness (QED) is 0.529. The van der Waals surface area contributed by atoms with Crippen LogP contribution in [0.4, 0.5) is 5.13 Å². The molecule has 3 aliphatic rings. The van der Waals surface area contributed by atoms with Gasteiger partial charge in [0.1, 0.15) is 6.04 Å². The summed E-state index contributed by atoms with van der Waals surface area (Å²) < 4.78 is 1.47. The van der Waals surface area contributed by atoms with Crippen LogP contribution in [0.1, 0.15) is 62.7 Å². The number of carbonyl (C=O) groups is 4. The summed E-state index contributed by atoms with van der Waals surface area (Å²) in [6, 6.07) is 4.52. The van der Waals surface area contributed by atoms with Gasteiger partial charge < -0.3 is 4.90 Å². The third-order valence-electron chi connectivity index (χ3n) is 6.56. The molecule has 1 unspecified atom stereocenters. The molecule has 0 radical (unpaired) electrons. The van der Waals surface area contributed by atoms with Crippen LogP contribution in [0, 0.1) is 0 Å². The van der Waals surface area contributed by atoms with E-state index in [9.17, 15) is 19.2 Å². The summed E-state index contributed by atoms with van der Waals surface area (Å²) in [4.78, 5) is 56.5. The van der Waals surface area contributed by atoms with Gasteiger partial charge in [-0.3, -0.25) is 29.8 Å². The second kappa shape index (κ2) is 8.38. The molecule has 4 amide bonds. The highest BCUT2D eigenvalue weighted by molar-refractivity contribution is 7.15. The van der Waals surface area contributed by atoms with Gasteiger partial charge in [-0.1, -0.05) is 5.21 Å². The minimum absolute atomic E-state index is 0.153. The molecule has 0 spiro atoms. The van der Waals surface area contributed by atoms with Crippen LogP contribution >= 0.6 is 11.3 Å². The molecule has 2 N–H and O–H groups in total. The van der Waals surface area contributed by atoms with Crippen LogP contribution in [-0.2, 0) is 29.0 Å². The largest absolute Gasteiger partial charge is 0.322 e. The number of piperidine rings is 1. The number of fused-ring (bicyclic) bond motifs is 2. The first kappa shape index (κ1) is 21.6. The Morgan fingerprint density at radius 2 is 2.00 bits per heavy atom. The van der Waals surface area contributed by atoms with Gasteiger partial charge in [0, 0.05) is 23.4 Å². The van der Waals surface area contributed by atoms with Crippen LogP contribution in [-0.4, -0.2) is 54.5 Å². The maximum absolute atomic E-state index is 12.9. The number of aryl methyl sites for hydroxylation is 2. The Balaban J connectivity index is 1.18. The third-order valence-corrected chi connectivity index (χ3v) is 7.64. The van der Waals surface area contributed by atoms with Gasteiger partial charge in [-0.05, 0) is 55.9 Å². The van der Waals surface area contributed by atoms with Crippen LogP contribution in [0.3, 0.4) is 0 Å². The minimum Gasteiger partial charge on any atom is -0.322 e. The Kier molecular flexibility index (Phi) is 5.17. The summed E-state index contributed by atoms with van der Waals surface area (Å²) in [5.74, 6) is -1.40. The molecule has 1 aromatic carbocycles. The summed E-state index contributed by atoms with van der Waals surface area (Å²) in [5.41, 5.74) is 3.11. The minimum atomic E-state index is -0.672. The molecule has 0 bridgehead atoms. The van der Waals surface area contributed by atoms with E-state index in [1.807, 2.05) is 0 Å². The molecule has 178 valence electrons. The Morgan fingerprint density at radius 1 is 1.14 bits per heavy atom. The number of nitrogens with zero attached hydrogens (tertiary/aromatic N) is 5. The molecule has 12 heteroatoms. The average molecular weight is 492 g/mol. The van der Waals surface area contributed by atoms with E-state index in [0.29, 0.717) is 22.8 Å². The molecule has 11 nitrogen and oxygen atoms in total. The first-order valence-electron chi connectivity index (χ1n) is 11.5. The van der Waals surface area contributed by atoms with Gasteiger partial charge in [-0.15, -0.1) is 16.4 Å². The number of hydrogen-bond donors (Lipinski definition) is 2. The molecular formula is C23H21N7O4S. The SMILES string of the molecule is O=C1CCC(N2Cc3cc(-n4cc(C(=O)Nc5nc6c(s5)CCCC6)nn4)ccc3C2=O)C(=O)N1. The molecule has 1 fully saturated rings. The average Bonchev–Trinajstić information content (AvgIpc) is 3.56. The molecule has 1 aliphatic carbocycles. The summed E-state index contributed by atoms with van der Waals surface area (Å²) in [6.07, 6.45) is 6.25. The van der Waals surface area contributed by atoms with Crippen molar-refractivity contribution in [2.75, 3.05) is 5.32 Å². The number of nitrogens with one attached hydrogen (secondary N) is 2. The van der Waals surface area contributed by atoms with Gasteiger partial charge in [0.15, 0.2) is 10.8 Å². The van der Waals surface area contributed by atoms with Crippen LogP contribution in [0.5, 0.6) is 0 Å². The maximum atomic E-state index is 12.9. The van der Waals surface area contributed by atoms with Crippen LogP contribution in [0.25, 0.3) is 5.69 Å². The van der Waals surface area contributed by atoms with Crippen molar-refractivity contribution in [2.45, 2.75) is 51.1 Å². The van der Waals surface area contributed by atoms with E-state index >= 15 is 0 Å². The molecule has 1 saturated heterocycles. The van der Waals surface area contributed by atoms with Crippen molar-refractivity contribution in [2.24, 2.45) is 0 Å². The number of carbonyl (C=O) groups excluding carboxylic acids is 4. The summed E-state index contributed by atoms with van der Waals surface area (Å²) in [6.45, 7) is 0.255. The molecule has 0 saturated carbocycles. The third kappa shape index (κ3) is 3.89. The number of hydrogen-bond acceptors (Lipinski definition) is 8. The van der Waals surface area contributed by atoms with Gasteiger partial charge in [0.2, 0.25) is 11.8 Å². The maximum Gasteiger partial charge on any atom is 0.279 e. The topological polar surface area (TPSA) is 139 Å². The molecular weight excluding hydrogens is 470 g/mol. The van der Waals surface area contributed by atoms with Crippen molar-refractivity contribution in [1.82, 2.24) is 30.2 Å².